The Balaban J connectivity index is 1.94. The highest BCUT2D eigenvalue weighted by Crippen LogP contribution is 2.22. The van der Waals surface area contributed by atoms with Crippen molar-refractivity contribution in [2.75, 3.05) is 0 Å². The van der Waals surface area contributed by atoms with Crippen molar-refractivity contribution >= 4 is 0 Å². The standard InChI is InChI=1S/C15H13N3/c1-3-7-12(8-4-1)14-16-11-17-15(18-14)13-9-5-2-6-10-13/h1-9,11,13H,10H2. The second-order valence-corrected chi connectivity index (χ2v) is 4.19. The Hall–Kier alpha value is -2.29. The Bertz CT molecular complexity index is 588. The smallest absolute Gasteiger partial charge is 0.163 e. The first-order valence-corrected chi connectivity index (χ1v) is 6.01. The molecule has 0 bridgehead atoms. The monoisotopic (exact) mass is 235 g/mol. The van der Waals surface area contributed by atoms with Crippen LogP contribution in [0, 0.1) is 0 Å². The normalized spacial score (nSPS) is 17.9. The van der Waals surface area contributed by atoms with Crippen LogP contribution in [-0.2, 0) is 0 Å². The number of hydrogen-bond donors (Lipinski definition) is 0. The van der Waals surface area contributed by atoms with Crippen LogP contribution in [0.2, 0.25) is 0 Å². The molecule has 0 saturated heterocycles. The van der Waals surface area contributed by atoms with E-state index in [1.54, 1.807) is 6.33 Å². The highest BCUT2D eigenvalue weighted by molar-refractivity contribution is 5.53. The molecule has 88 valence electrons. The molecule has 0 fully saturated rings. The highest BCUT2D eigenvalue weighted by atomic mass is 15.0. The summed E-state index contributed by atoms with van der Waals surface area (Å²) in [5.41, 5.74) is 1.02. The Morgan fingerprint density at radius 3 is 2.67 bits per heavy atom. The van der Waals surface area contributed by atoms with E-state index in [0.717, 1.165) is 23.6 Å². The van der Waals surface area contributed by atoms with Crippen molar-refractivity contribution in [1.82, 2.24) is 15.0 Å². The van der Waals surface area contributed by atoms with Crippen LogP contribution in [0.5, 0.6) is 0 Å². The summed E-state index contributed by atoms with van der Waals surface area (Å²) in [6.45, 7) is 0. The molecular weight excluding hydrogens is 222 g/mol. The van der Waals surface area contributed by atoms with Crippen LogP contribution < -0.4 is 0 Å². The van der Waals surface area contributed by atoms with Gasteiger partial charge in [0.1, 0.15) is 12.2 Å². The van der Waals surface area contributed by atoms with Crippen LogP contribution in [0.15, 0.2) is 61.0 Å². The highest BCUT2D eigenvalue weighted by Gasteiger charge is 2.12. The Morgan fingerprint density at radius 2 is 1.89 bits per heavy atom. The fraction of sp³-hybridized carbons (Fsp3) is 0.133. The van der Waals surface area contributed by atoms with Gasteiger partial charge in [-0.1, -0.05) is 54.6 Å². The van der Waals surface area contributed by atoms with Crippen molar-refractivity contribution in [3.8, 4) is 11.4 Å². The summed E-state index contributed by atoms with van der Waals surface area (Å²) in [5.74, 6) is 1.84. The topological polar surface area (TPSA) is 38.7 Å². The number of benzene rings is 1. The zero-order valence-electron chi connectivity index (χ0n) is 9.90. The average Bonchev–Trinajstić information content (AvgIpc) is 2.49. The predicted molar refractivity (Wildman–Crippen MR) is 70.9 cm³/mol. The van der Waals surface area contributed by atoms with Crippen LogP contribution in [0.25, 0.3) is 11.4 Å². The van der Waals surface area contributed by atoms with E-state index in [0.29, 0.717) is 0 Å². The van der Waals surface area contributed by atoms with Gasteiger partial charge in [0, 0.05) is 11.5 Å². The van der Waals surface area contributed by atoms with Crippen LogP contribution >= 0.6 is 0 Å². The maximum Gasteiger partial charge on any atom is 0.163 e. The summed E-state index contributed by atoms with van der Waals surface area (Å²) in [6, 6.07) is 9.98. The van der Waals surface area contributed by atoms with Crippen LogP contribution in [0.3, 0.4) is 0 Å². The molecule has 1 aliphatic carbocycles. The van der Waals surface area contributed by atoms with Crippen molar-refractivity contribution in [3.05, 3.63) is 66.8 Å². The molecule has 0 N–H and O–H groups in total. The quantitative estimate of drug-likeness (QED) is 0.802. The largest absolute Gasteiger partial charge is 0.221 e. The second-order valence-electron chi connectivity index (χ2n) is 4.19. The lowest BCUT2D eigenvalue weighted by molar-refractivity contribution is 0.761. The lowest BCUT2D eigenvalue weighted by atomic mass is 10.0. The molecule has 0 saturated carbocycles. The molecule has 1 aromatic carbocycles. The van der Waals surface area contributed by atoms with Gasteiger partial charge in [-0.15, -0.1) is 0 Å². The van der Waals surface area contributed by atoms with Crippen LogP contribution in [0.4, 0.5) is 0 Å². The fourth-order valence-corrected chi connectivity index (χ4v) is 1.99. The van der Waals surface area contributed by atoms with E-state index in [2.05, 4.69) is 33.2 Å². The van der Waals surface area contributed by atoms with Gasteiger partial charge in [-0.25, -0.2) is 15.0 Å². The third-order valence-electron chi connectivity index (χ3n) is 2.93. The van der Waals surface area contributed by atoms with E-state index < -0.39 is 0 Å². The first-order chi connectivity index (χ1) is 8.93. The van der Waals surface area contributed by atoms with E-state index in [1.165, 1.54) is 0 Å². The molecule has 0 amide bonds. The number of aromatic nitrogens is 3. The summed E-state index contributed by atoms with van der Waals surface area (Å²) < 4.78 is 0. The number of allylic oxidation sites excluding steroid dienone is 4. The van der Waals surface area contributed by atoms with E-state index in [9.17, 15) is 0 Å². The molecule has 1 heterocycles. The summed E-state index contributed by atoms with van der Waals surface area (Å²) in [5, 5.41) is 0. The van der Waals surface area contributed by atoms with Gasteiger partial charge in [-0.3, -0.25) is 0 Å². The third kappa shape index (κ3) is 2.20. The van der Waals surface area contributed by atoms with Gasteiger partial charge >= 0.3 is 0 Å². The average molecular weight is 235 g/mol. The molecule has 0 radical (unpaired) electrons. The molecule has 2 aromatic rings. The lowest BCUT2D eigenvalue weighted by Gasteiger charge is -2.11. The van der Waals surface area contributed by atoms with E-state index in [-0.39, 0.29) is 5.92 Å². The van der Waals surface area contributed by atoms with Gasteiger partial charge in [0.2, 0.25) is 0 Å². The zero-order chi connectivity index (χ0) is 12.2. The van der Waals surface area contributed by atoms with Gasteiger partial charge in [0.25, 0.3) is 0 Å². The molecule has 1 unspecified atom stereocenters. The maximum atomic E-state index is 4.56. The fourth-order valence-electron chi connectivity index (χ4n) is 1.99. The molecule has 1 atom stereocenters. The van der Waals surface area contributed by atoms with Gasteiger partial charge in [-0.2, -0.15) is 0 Å². The molecule has 1 aliphatic rings. The minimum Gasteiger partial charge on any atom is -0.221 e. The number of hydrogen-bond acceptors (Lipinski definition) is 3. The number of rotatable bonds is 2. The van der Waals surface area contributed by atoms with Crippen molar-refractivity contribution < 1.29 is 0 Å². The van der Waals surface area contributed by atoms with Gasteiger partial charge in [-0.05, 0) is 6.42 Å². The maximum absolute atomic E-state index is 4.56. The Morgan fingerprint density at radius 1 is 1.00 bits per heavy atom. The molecule has 0 spiro atoms. The van der Waals surface area contributed by atoms with Gasteiger partial charge in [0.15, 0.2) is 5.82 Å². The van der Waals surface area contributed by atoms with Crippen molar-refractivity contribution in [2.24, 2.45) is 0 Å². The third-order valence-corrected chi connectivity index (χ3v) is 2.93. The zero-order valence-corrected chi connectivity index (χ0v) is 9.90. The molecule has 1 aromatic heterocycles. The summed E-state index contributed by atoms with van der Waals surface area (Å²) in [7, 11) is 0. The van der Waals surface area contributed by atoms with E-state index in [1.807, 2.05) is 36.4 Å². The first-order valence-electron chi connectivity index (χ1n) is 6.01. The molecule has 18 heavy (non-hydrogen) atoms. The number of nitrogens with zero attached hydrogens (tertiary/aromatic N) is 3. The van der Waals surface area contributed by atoms with Crippen LogP contribution in [-0.4, -0.2) is 15.0 Å². The first kappa shape index (κ1) is 10.8. The van der Waals surface area contributed by atoms with Crippen molar-refractivity contribution in [1.29, 1.82) is 0 Å². The van der Waals surface area contributed by atoms with Gasteiger partial charge < -0.3 is 0 Å². The second kappa shape index (κ2) is 4.92. The van der Waals surface area contributed by atoms with E-state index >= 15 is 0 Å². The summed E-state index contributed by atoms with van der Waals surface area (Å²) >= 11 is 0. The molecule has 3 rings (SSSR count). The summed E-state index contributed by atoms with van der Waals surface area (Å²) in [4.78, 5) is 13.1. The molecule has 3 heteroatoms. The van der Waals surface area contributed by atoms with E-state index in [4.69, 9.17) is 0 Å². The summed E-state index contributed by atoms with van der Waals surface area (Å²) in [6.07, 6.45) is 10.9. The van der Waals surface area contributed by atoms with Crippen molar-refractivity contribution in [3.63, 3.8) is 0 Å². The van der Waals surface area contributed by atoms with Crippen molar-refractivity contribution in [2.45, 2.75) is 12.3 Å². The Kier molecular flexibility index (Phi) is 2.96. The predicted octanol–water partition coefficient (Wildman–Crippen LogP) is 3.14. The molecule has 3 nitrogen and oxygen atoms in total. The molecular formula is C15H13N3. The van der Waals surface area contributed by atoms with Crippen LogP contribution in [0.1, 0.15) is 18.2 Å². The lowest BCUT2D eigenvalue weighted by Crippen LogP contribution is -2.05. The Labute approximate surface area is 106 Å². The van der Waals surface area contributed by atoms with Gasteiger partial charge in [0.05, 0.1) is 0 Å². The minimum absolute atomic E-state index is 0.264. The minimum atomic E-state index is 0.264. The molecule has 0 aliphatic heterocycles. The SMILES string of the molecule is C1=CCC(c2ncnc(-c3ccccc3)n2)C=C1.